The van der Waals surface area contributed by atoms with Gasteiger partial charge in [0.05, 0.1) is 6.10 Å². The van der Waals surface area contributed by atoms with Crippen LogP contribution in [0.25, 0.3) is 0 Å². The topological polar surface area (TPSA) is 35.5 Å². The van der Waals surface area contributed by atoms with Crippen molar-refractivity contribution in [2.75, 3.05) is 18.0 Å². The predicted octanol–water partition coefficient (Wildman–Crippen LogP) is 2.53. The molecule has 0 spiro atoms. The lowest BCUT2D eigenvalue weighted by molar-refractivity contribution is 0.133. The van der Waals surface area contributed by atoms with Gasteiger partial charge < -0.3 is 15.3 Å². The lowest BCUT2D eigenvalue weighted by atomic mass is 10.00. The number of benzene rings is 1. The fraction of sp³-hybridized carbons (Fsp3) is 0.647. The van der Waals surface area contributed by atoms with E-state index in [0.717, 1.165) is 37.2 Å². The van der Waals surface area contributed by atoms with Gasteiger partial charge in [-0.05, 0) is 30.9 Å². The van der Waals surface area contributed by atoms with Crippen LogP contribution in [0.15, 0.2) is 18.2 Å². The maximum atomic E-state index is 14.2. The second-order valence-electron chi connectivity index (χ2n) is 6.75. The van der Waals surface area contributed by atoms with Crippen LogP contribution in [0.2, 0.25) is 0 Å². The third-order valence-corrected chi connectivity index (χ3v) is 4.94. The summed E-state index contributed by atoms with van der Waals surface area (Å²) in [6.07, 6.45) is 1.84. The normalized spacial score (nSPS) is 28.4. The molecule has 1 aromatic carbocycles. The van der Waals surface area contributed by atoms with Crippen LogP contribution in [0.5, 0.6) is 0 Å². The van der Waals surface area contributed by atoms with Crippen LogP contribution in [0, 0.1) is 17.7 Å². The highest BCUT2D eigenvalue weighted by molar-refractivity contribution is 5.55. The van der Waals surface area contributed by atoms with E-state index in [1.165, 1.54) is 6.07 Å². The van der Waals surface area contributed by atoms with E-state index in [9.17, 15) is 9.50 Å². The van der Waals surface area contributed by atoms with Crippen LogP contribution >= 0.6 is 0 Å². The molecule has 2 fully saturated rings. The van der Waals surface area contributed by atoms with E-state index >= 15 is 0 Å². The number of halogens is 1. The minimum absolute atomic E-state index is 0.141. The van der Waals surface area contributed by atoms with E-state index in [1.807, 2.05) is 6.07 Å². The van der Waals surface area contributed by atoms with Crippen LogP contribution in [0.4, 0.5) is 10.1 Å². The Morgan fingerprint density at radius 3 is 2.86 bits per heavy atom. The Morgan fingerprint density at radius 1 is 1.33 bits per heavy atom. The first-order valence-corrected chi connectivity index (χ1v) is 8.00. The monoisotopic (exact) mass is 292 g/mol. The molecule has 0 bridgehead atoms. The third-order valence-electron chi connectivity index (χ3n) is 4.94. The first-order valence-electron chi connectivity index (χ1n) is 8.00. The number of rotatable bonds is 4. The third kappa shape index (κ3) is 2.92. The van der Waals surface area contributed by atoms with Gasteiger partial charge in [-0.1, -0.05) is 19.9 Å². The van der Waals surface area contributed by atoms with Gasteiger partial charge in [0.1, 0.15) is 5.82 Å². The molecule has 2 N–H and O–H groups in total. The van der Waals surface area contributed by atoms with Crippen molar-refractivity contribution >= 4 is 5.69 Å². The number of hydrogen-bond acceptors (Lipinski definition) is 3. The predicted molar refractivity (Wildman–Crippen MR) is 82.8 cm³/mol. The Morgan fingerprint density at radius 2 is 2.14 bits per heavy atom. The average Bonchev–Trinajstić information content (AvgIpc) is 3.00. The summed E-state index contributed by atoms with van der Waals surface area (Å²) in [5.74, 6) is 0.784. The number of aliphatic hydroxyl groups excluding tert-OH is 1. The summed E-state index contributed by atoms with van der Waals surface area (Å²) in [5, 5.41) is 13.4. The second-order valence-corrected chi connectivity index (χ2v) is 6.75. The molecule has 1 heterocycles. The summed E-state index contributed by atoms with van der Waals surface area (Å²) >= 11 is 0. The zero-order chi connectivity index (χ0) is 15.0. The van der Waals surface area contributed by atoms with E-state index in [2.05, 4.69) is 24.1 Å². The fourth-order valence-corrected chi connectivity index (χ4v) is 3.76. The van der Waals surface area contributed by atoms with Gasteiger partial charge >= 0.3 is 0 Å². The van der Waals surface area contributed by atoms with Crippen molar-refractivity contribution in [1.82, 2.24) is 5.32 Å². The molecule has 0 aromatic heterocycles. The van der Waals surface area contributed by atoms with Crippen LogP contribution in [0.1, 0.15) is 32.3 Å². The standard InChI is InChI=1S/C17H25FN2O/c1-11(2)19-8-13-15(18)4-3-5-16(13)20-9-12-6-7-17(21)14(12)10-20/h3-5,11-12,14,17,19,21H,6-10H2,1-2H3. The molecule has 0 amide bonds. The van der Waals surface area contributed by atoms with Crippen molar-refractivity contribution in [3.8, 4) is 0 Å². The van der Waals surface area contributed by atoms with E-state index in [0.29, 0.717) is 24.4 Å². The van der Waals surface area contributed by atoms with E-state index < -0.39 is 0 Å². The minimum Gasteiger partial charge on any atom is -0.393 e. The second kappa shape index (κ2) is 5.93. The lowest BCUT2D eigenvalue weighted by Gasteiger charge is -2.24. The molecule has 1 aliphatic heterocycles. The van der Waals surface area contributed by atoms with Crippen LogP contribution in [-0.4, -0.2) is 30.3 Å². The lowest BCUT2D eigenvalue weighted by Crippen LogP contribution is -2.28. The summed E-state index contributed by atoms with van der Waals surface area (Å²) in [6.45, 7) is 6.48. The highest BCUT2D eigenvalue weighted by atomic mass is 19.1. The van der Waals surface area contributed by atoms with Crippen LogP contribution in [-0.2, 0) is 6.54 Å². The molecule has 1 aliphatic carbocycles. The average molecular weight is 292 g/mol. The minimum atomic E-state index is -0.175. The molecule has 1 saturated heterocycles. The molecule has 1 aromatic rings. The fourth-order valence-electron chi connectivity index (χ4n) is 3.76. The summed E-state index contributed by atoms with van der Waals surface area (Å²) in [4.78, 5) is 2.26. The summed E-state index contributed by atoms with van der Waals surface area (Å²) in [7, 11) is 0. The Kier molecular flexibility index (Phi) is 4.18. The van der Waals surface area contributed by atoms with Crippen molar-refractivity contribution in [3.05, 3.63) is 29.6 Å². The van der Waals surface area contributed by atoms with Crippen molar-refractivity contribution in [2.24, 2.45) is 11.8 Å². The Balaban J connectivity index is 1.80. The summed E-state index contributed by atoms with van der Waals surface area (Å²) < 4.78 is 14.2. The number of nitrogens with one attached hydrogen (secondary N) is 1. The van der Waals surface area contributed by atoms with Crippen LogP contribution in [0.3, 0.4) is 0 Å². The van der Waals surface area contributed by atoms with E-state index in [-0.39, 0.29) is 11.9 Å². The molecule has 3 atom stereocenters. The van der Waals surface area contributed by atoms with Crippen molar-refractivity contribution in [1.29, 1.82) is 0 Å². The molecule has 116 valence electrons. The Bertz CT molecular complexity index is 506. The molecule has 2 aliphatic rings. The van der Waals surface area contributed by atoms with Crippen molar-refractivity contribution in [2.45, 2.75) is 45.4 Å². The summed E-state index contributed by atoms with van der Waals surface area (Å²) in [5.41, 5.74) is 1.74. The van der Waals surface area contributed by atoms with Crippen molar-refractivity contribution in [3.63, 3.8) is 0 Å². The van der Waals surface area contributed by atoms with E-state index in [4.69, 9.17) is 0 Å². The quantitative estimate of drug-likeness (QED) is 0.895. The zero-order valence-electron chi connectivity index (χ0n) is 12.8. The molecular formula is C17H25FN2O. The number of anilines is 1. The SMILES string of the molecule is CC(C)NCc1c(F)cccc1N1CC2CCC(O)C2C1. The largest absolute Gasteiger partial charge is 0.393 e. The van der Waals surface area contributed by atoms with Crippen molar-refractivity contribution < 1.29 is 9.50 Å². The van der Waals surface area contributed by atoms with E-state index in [1.54, 1.807) is 6.07 Å². The number of nitrogens with zero attached hydrogens (tertiary/aromatic N) is 1. The molecule has 4 heteroatoms. The summed E-state index contributed by atoms with van der Waals surface area (Å²) in [6, 6.07) is 5.66. The molecule has 3 nitrogen and oxygen atoms in total. The number of hydrogen-bond donors (Lipinski definition) is 2. The van der Waals surface area contributed by atoms with Gasteiger partial charge in [0, 0.05) is 42.8 Å². The van der Waals surface area contributed by atoms with Gasteiger partial charge in [0.2, 0.25) is 0 Å². The van der Waals surface area contributed by atoms with Gasteiger partial charge in [-0.15, -0.1) is 0 Å². The first kappa shape index (κ1) is 14.8. The zero-order valence-corrected chi connectivity index (χ0v) is 12.8. The van der Waals surface area contributed by atoms with Crippen LogP contribution < -0.4 is 10.2 Å². The Hall–Kier alpha value is -1.13. The maximum Gasteiger partial charge on any atom is 0.129 e. The molecular weight excluding hydrogens is 267 g/mol. The van der Waals surface area contributed by atoms with Gasteiger partial charge in [-0.2, -0.15) is 0 Å². The number of fused-ring (bicyclic) bond motifs is 1. The molecule has 3 unspecified atom stereocenters. The van der Waals surface area contributed by atoms with Gasteiger partial charge in [-0.25, -0.2) is 4.39 Å². The highest BCUT2D eigenvalue weighted by Crippen LogP contribution is 2.40. The molecule has 0 radical (unpaired) electrons. The van der Waals surface area contributed by atoms with Gasteiger partial charge in [0.25, 0.3) is 0 Å². The molecule has 21 heavy (non-hydrogen) atoms. The maximum absolute atomic E-state index is 14.2. The van der Waals surface area contributed by atoms with Gasteiger partial charge in [0.15, 0.2) is 0 Å². The van der Waals surface area contributed by atoms with Gasteiger partial charge in [-0.3, -0.25) is 0 Å². The number of aliphatic hydroxyl groups is 1. The Labute approximate surface area is 126 Å². The molecule has 3 rings (SSSR count). The first-order chi connectivity index (χ1) is 10.1. The molecule has 1 saturated carbocycles. The highest BCUT2D eigenvalue weighted by Gasteiger charge is 2.42. The smallest absolute Gasteiger partial charge is 0.129 e.